The fourth-order valence-corrected chi connectivity index (χ4v) is 2.31. The predicted molar refractivity (Wildman–Crippen MR) is 94.4 cm³/mol. The van der Waals surface area contributed by atoms with Crippen molar-refractivity contribution in [2.45, 2.75) is 51.1 Å². The number of carbonyl (C=O) groups excluding carboxylic acids is 2. The van der Waals surface area contributed by atoms with Gasteiger partial charge < -0.3 is 26.2 Å². The molecular formula is C15H27N3O6S. The predicted octanol–water partition coefficient (Wildman–Crippen LogP) is -0.303. The van der Waals surface area contributed by atoms with Gasteiger partial charge in [0.25, 0.3) is 0 Å². The van der Waals surface area contributed by atoms with E-state index in [-0.39, 0.29) is 25.1 Å². The largest absolute Gasteiger partial charge is 0.480 e. The Balaban J connectivity index is 4.72. The Hall–Kier alpha value is -1.81. The molecule has 5 N–H and O–H groups in total. The monoisotopic (exact) mass is 377 g/mol. The van der Waals surface area contributed by atoms with Gasteiger partial charge in [-0.3, -0.25) is 19.2 Å². The van der Waals surface area contributed by atoms with E-state index < -0.39 is 42.4 Å². The second-order valence-corrected chi connectivity index (χ2v) is 6.01. The molecule has 0 saturated heterocycles. The SMILES string of the molecule is CCCCCN(CC(=O)O)C(=O)[C@@H](CS)NC(=O)CCC(N)C(=O)O. The van der Waals surface area contributed by atoms with E-state index in [0.29, 0.717) is 6.42 Å². The van der Waals surface area contributed by atoms with E-state index in [0.717, 1.165) is 12.8 Å². The van der Waals surface area contributed by atoms with Crippen molar-refractivity contribution in [3.05, 3.63) is 0 Å². The Morgan fingerprint density at radius 3 is 2.32 bits per heavy atom. The summed E-state index contributed by atoms with van der Waals surface area (Å²) < 4.78 is 0. The minimum atomic E-state index is -1.21. The van der Waals surface area contributed by atoms with Crippen LogP contribution >= 0.6 is 12.6 Å². The molecule has 25 heavy (non-hydrogen) atoms. The van der Waals surface area contributed by atoms with Crippen molar-refractivity contribution in [2.24, 2.45) is 5.73 Å². The first-order valence-electron chi connectivity index (χ1n) is 8.12. The van der Waals surface area contributed by atoms with Crippen molar-refractivity contribution in [3.8, 4) is 0 Å². The van der Waals surface area contributed by atoms with Crippen LogP contribution in [0.15, 0.2) is 0 Å². The highest BCUT2D eigenvalue weighted by Gasteiger charge is 2.26. The number of thiol groups is 1. The molecule has 0 radical (unpaired) electrons. The Morgan fingerprint density at radius 2 is 1.84 bits per heavy atom. The summed E-state index contributed by atoms with van der Waals surface area (Å²) >= 11 is 4.04. The number of carbonyl (C=O) groups is 4. The van der Waals surface area contributed by atoms with Crippen LogP contribution in [0.2, 0.25) is 0 Å². The van der Waals surface area contributed by atoms with Crippen LogP contribution in [0.1, 0.15) is 39.0 Å². The number of nitrogens with zero attached hydrogens (tertiary/aromatic N) is 1. The summed E-state index contributed by atoms with van der Waals surface area (Å²) in [5.41, 5.74) is 5.32. The molecule has 0 bridgehead atoms. The molecule has 0 rings (SSSR count). The molecule has 0 saturated carbocycles. The molecule has 1 unspecified atom stereocenters. The second kappa shape index (κ2) is 12.5. The zero-order chi connectivity index (χ0) is 19.4. The molecule has 2 amide bonds. The average molecular weight is 377 g/mol. The van der Waals surface area contributed by atoms with Gasteiger partial charge in [-0.25, -0.2) is 0 Å². The fourth-order valence-electron chi connectivity index (χ4n) is 2.07. The number of hydrogen-bond acceptors (Lipinski definition) is 6. The summed E-state index contributed by atoms with van der Waals surface area (Å²) in [7, 11) is 0. The summed E-state index contributed by atoms with van der Waals surface area (Å²) in [6.45, 7) is 1.82. The van der Waals surface area contributed by atoms with Crippen molar-refractivity contribution in [2.75, 3.05) is 18.8 Å². The summed E-state index contributed by atoms with van der Waals surface area (Å²) in [5, 5.41) is 20.1. The molecule has 0 aliphatic carbocycles. The van der Waals surface area contributed by atoms with Crippen LogP contribution in [0.5, 0.6) is 0 Å². The van der Waals surface area contributed by atoms with Crippen molar-refractivity contribution in [3.63, 3.8) is 0 Å². The topological polar surface area (TPSA) is 150 Å². The van der Waals surface area contributed by atoms with Gasteiger partial charge in [-0.1, -0.05) is 19.8 Å². The van der Waals surface area contributed by atoms with Gasteiger partial charge in [-0.05, 0) is 12.8 Å². The summed E-state index contributed by atoms with van der Waals surface area (Å²) in [6.07, 6.45) is 2.22. The van der Waals surface area contributed by atoms with Crippen molar-refractivity contribution >= 4 is 36.4 Å². The maximum absolute atomic E-state index is 12.5. The van der Waals surface area contributed by atoms with Gasteiger partial charge >= 0.3 is 11.9 Å². The zero-order valence-corrected chi connectivity index (χ0v) is 15.2. The van der Waals surface area contributed by atoms with Gasteiger partial charge in [0.05, 0.1) is 0 Å². The van der Waals surface area contributed by atoms with Gasteiger partial charge in [0.2, 0.25) is 11.8 Å². The van der Waals surface area contributed by atoms with Gasteiger partial charge in [0.1, 0.15) is 18.6 Å². The van der Waals surface area contributed by atoms with E-state index in [1.165, 1.54) is 4.90 Å². The van der Waals surface area contributed by atoms with Crippen LogP contribution in [-0.2, 0) is 19.2 Å². The smallest absolute Gasteiger partial charge is 0.323 e. The number of carboxylic acid groups (broad SMARTS) is 2. The standard InChI is InChI=1S/C15H27N3O6S/c1-2-3-4-7-18(8-13(20)21)14(22)11(9-25)17-12(19)6-5-10(16)15(23)24/h10-11,25H,2-9,16H2,1H3,(H,17,19)(H,20,21)(H,23,24)/t10?,11-/m1/s1. The molecule has 0 aromatic rings. The van der Waals surface area contributed by atoms with Gasteiger partial charge in [0.15, 0.2) is 0 Å². The van der Waals surface area contributed by atoms with Crippen LogP contribution < -0.4 is 11.1 Å². The lowest BCUT2D eigenvalue weighted by atomic mass is 10.1. The third-order valence-corrected chi connectivity index (χ3v) is 3.85. The molecule has 144 valence electrons. The molecule has 0 aromatic heterocycles. The summed E-state index contributed by atoms with van der Waals surface area (Å²) in [4.78, 5) is 47.1. The Kier molecular flexibility index (Phi) is 11.6. The third kappa shape index (κ3) is 9.92. The lowest BCUT2D eigenvalue weighted by Crippen LogP contribution is -2.51. The molecule has 0 aliphatic heterocycles. The fraction of sp³-hybridized carbons (Fsp3) is 0.733. The molecule has 0 heterocycles. The number of aliphatic carboxylic acids is 2. The van der Waals surface area contributed by atoms with Crippen molar-refractivity contribution < 1.29 is 29.4 Å². The normalized spacial score (nSPS) is 12.9. The summed E-state index contributed by atoms with van der Waals surface area (Å²) in [5.74, 6) is -3.41. The van der Waals surface area contributed by atoms with Gasteiger partial charge in [-0.2, -0.15) is 12.6 Å². The first-order valence-corrected chi connectivity index (χ1v) is 8.75. The average Bonchev–Trinajstić information content (AvgIpc) is 2.55. The van der Waals surface area contributed by atoms with Crippen molar-refractivity contribution in [1.29, 1.82) is 0 Å². The minimum absolute atomic E-state index is 0.000541. The first-order chi connectivity index (χ1) is 11.7. The number of rotatable bonds is 13. The molecule has 2 atom stereocenters. The van der Waals surface area contributed by atoms with Crippen LogP contribution in [-0.4, -0.2) is 69.8 Å². The molecule has 0 aromatic carbocycles. The Bertz CT molecular complexity index is 474. The number of amides is 2. The second-order valence-electron chi connectivity index (χ2n) is 5.65. The number of nitrogens with one attached hydrogen (secondary N) is 1. The number of unbranched alkanes of at least 4 members (excludes halogenated alkanes) is 2. The molecular weight excluding hydrogens is 350 g/mol. The molecule has 0 fully saturated rings. The Labute approximate surface area is 152 Å². The van der Waals surface area contributed by atoms with Crippen molar-refractivity contribution in [1.82, 2.24) is 10.2 Å². The zero-order valence-electron chi connectivity index (χ0n) is 14.3. The van der Waals surface area contributed by atoms with E-state index >= 15 is 0 Å². The quantitative estimate of drug-likeness (QED) is 0.218. The van der Waals surface area contributed by atoms with Crippen LogP contribution in [0.25, 0.3) is 0 Å². The van der Waals surface area contributed by atoms with E-state index in [1.807, 2.05) is 6.92 Å². The van der Waals surface area contributed by atoms with Crippen LogP contribution in [0.3, 0.4) is 0 Å². The highest BCUT2D eigenvalue weighted by Crippen LogP contribution is 2.04. The Morgan fingerprint density at radius 1 is 1.20 bits per heavy atom. The maximum Gasteiger partial charge on any atom is 0.323 e. The van der Waals surface area contributed by atoms with E-state index in [2.05, 4.69) is 17.9 Å². The minimum Gasteiger partial charge on any atom is -0.480 e. The molecule has 0 spiro atoms. The van der Waals surface area contributed by atoms with Crippen LogP contribution in [0, 0.1) is 0 Å². The number of nitrogens with two attached hydrogens (primary N) is 1. The third-order valence-electron chi connectivity index (χ3n) is 3.48. The highest BCUT2D eigenvalue weighted by molar-refractivity contribution is 7.80. The molecule has 10 heteroatoms. The van der Waals surface area contributed by atoms with Crippen LogP contribution in [0.4, 0.5) is 0 Å². The lowest BCUT2D eigenvalue weighted by Gasteiger charge is -2.26. The van der Waals surface area contributed by atoms with E-state index in [4.69, 9.17) is 15.9 Å². The summed E-state index contributed by atoms with van der Waals surface area (Å²) in [6, 6.07) is -2.13. The van der Waals surface area contributed by atoms with Gasteiger partial charge in [-0.15, -0.1) is 0 Å². The molecule has 0 aliphatic rings. The highest BCUT2D eigenvalue weighted by atomic mass is 32.1. The number of hydrogen-bond donors (Lipinski definition) is 5. The molecule has 9 nitrogen and oxygen atoms in total. The van der Waals surface area contributed by atoms with E-state index in [1.54, 1.807) is 0 Å². The van der Waals surface area contributed by atoms with Gasteiger partial charge in [0, 0.05) is 18.7 Å². The first kappa shape index (κ1) is 23.2. The van der Waals surface area contributed by atoms with E-state index in [9.17, 15) is 19.2 Å². The number of carboxylic acids is 2. The lowest BCUT2D eigenvalue weighted by molar-refractivity contribution is -0.145. The maximum atomic E-state index is 12.5.